The largest absolute Gasteiger partial charge is 0.458 e. The van der Waals surface area contributed by atoms with Crippen LogP contribution < -0.4 is 0 Å². The molecule has 0 aromatic carbocycles. The second kappa shape index (κ2) is 5.47. The first kappa shape index (κ1) is 19.7. The predicted octanol–water partition coefficient (Wildman–Crippen LogP) is 4.33. The Balaban J connectivity index is 5.61. The molecule has 0 rings (SSSR count). The lowest BCUT2D eigenvalue weighted by Crippen LogP contribution is -2.61. The minimum absolute atomic E-state index is 0.912. The second-order valence-electron chi connectivity index (χ2n) is 3.57. The molecule has 0 saturated carbocycles. The van der Waals surface area contributed by atoms with Gasteiger partial charge in [0.2, 0.25) is 0 Å². The maximum absolute atomic E-state index is 12.8. The molecule has 2 nitrogen and oxygen atoms in total. The molecule has 0 aliphatic heterocycles. The summed E-state index contributed by atoms with van der Waals surface area (Å²) in [5, 5.41) is 7.88. The second-order valence-corrected chi connectivity index (χ2v) is 3.57. The lowest BCUT2D eigenvalue weighted by atomic mass is 10.1. The summed E-state index contributed by atoms with van der Waals surface area (Å²) >= 11 is 0. The highest BCUT2D eigenvalue weighted by molar-refractivity contribution is 4.91. The lowest BCUT2D eigenvalue weighted by Gasteiger charge is -2.35. The highest BCUT2D eigenvalue weighted by Gasteiger charge is 2.79. The van der Waals surface area contributed by atoms with Crippen LogP contribution in [0.15, 0.2) is 0 Å². The zero-order chi connectivity index (χ0) is 17.3. The van der Waals surface area contributed by atoms with E-state index >= 15 is 0 Å². The van der Waals surface area contributed by atoms with Crippen molar-refractivity contribution in [2.45, 2.75) is 43.1 Å². The minimum atomic E-state index is -7.08. The summed E-state index contributed by atoms with van der Waals surface area (Å²) in [5.41, 5.74) is 0. The molecule has 0 aliphatic rings. The number of alkyl halides is 11. The van der Waals surface area contributed by atoms with E-state index in [1.165, 1.54) is 0 Å². The number of nitriles is 1. The van der Waals surface area contributed by atoms with Gasteiger partial charge in [0.15, 0.2) is 0 Å². The molecule has 0 amide bonds. The van der Waals surface area contributed by atoms with Crippen LogP contribution in [-0.2, 0) is 4.74 Å². The van der Waals surface area contributed by atoms with Gasteiger partial charge in [-0.15, -0.1) is 0 Å². The Morgan fingerprint density at radius 3 is 1.43 bits per heavy atom. The normalized spacial score (nSPS) is 15.0. The molecular formula is C8H4F11NO. The van der Waals surface area contributed by atoms with Gasteiger partial charge in [-0.3, -0.25) is 4.74 Å². The third kappa shape index (κ3) is 3.86. The van der Waals surface area contributed by atoms with Crippen molar-refractivity contribution in [2.24, 2.45) is 0 Å². The number of hydrogen-bond acceptors (Lipinski definition) is 2. The fourth-order valence-electron chi connectivity index (χ4n) is 0.886. The van der Waals surface area contributed by atoms with E-state index in [0.717, 1.165) is 6.07 Å². The molecule has 0 aromatic heterocycles. The van der Waals surface area contributed by atoms with Crippen molar-refractivity contribution >= 4 is 0 Å². The molecule has 0 aliphatic carbocycles. The molecular weight excluding hydrogens is 335 g/mol. The SMILES string of the molecule is N#CCCC(F)(F)C(F)(F)OC(F)(C(F)(F)F)C(F)(F)F. The van der Waals surface area contributed by atoms with Gasteiger partial charge in [-0.2, -0.15) is 53.6 Å². The molecule has 0 atom stereocenters. The fraction of sp³-hybridized carbons (Fsp3) is 0.875. The summed E-state index contributed by atoms with van der Waals surface area (Å²) in [6.07, 6.45) is -24.1. The van der Waals surface area contributed by atoms with Gasteiger partial charge in [0.05, 0.1) is 6.07 Å². The maximum atomic E-state index is 12.8. The van der Waals surface area contributed by atoms with E-state index in [9.17, 15) is 48.3 Å². The summed E-state index contributed by atoms with van der Waals surface area (Å²) in [6.45, 7) is 0. The van der Waals surface area contributed by atoms with Gasteiger partial charge >= 0.3 is 30.2 Å². The summed E-state index contributed by atoms with van der Waals surface area (Å²) in [6, 6.07) is 0.912. The Morgan fingerprint density at radius 1 is 0.762 bits per heavy atom. The molecule has 0 heterocycles. The Kier molecular flexibility index (Phi) is 5.12. The van der Waals surface area contributed by atoms with Crippen molar-refractivity contribution in [1.29, 1.82) is 5.26 Å². The van der Waals surface area contributed by atoms with E-state index in [1.807, 2.05) is 0 Å². The average molecular weight is 339 g/mol. The van der Waals surface area contributed by atoms with Crippen molar-refractivity contribution in [2.75, 3.05) is 0 Å². The molecule has 124 valence electrons. The van der Waals surface area contributed by atoms with Gasteiger partial charge in [0.25, 0.3) is 0 Å². The number of nitrogens with zero attached hydrogens (tertiary/aromatic N) is 1. The van der Waals surface area contributed by atoms with Crippen LogP contribution in [0.1, 0.15) is 12.8 Å². The van der Waals surface area contributed by atoms with Crippen molar-refractivity contribution < 1.29 is 53.0 Å². The summed E-state index contributed by atoms with van der Waals surface area (Å²) in [5.74, 6) is -12.6. The molecule has 13 heteroatoms. The van der Waals surface area contributed by atoms with E-state index in [4.69, 9.17) is 5.26 Å². The van der Waals surface area contributed by atoms with E-state index in [2.05, 4.69) is 0 Å². The van der Waals surface area contributed by atoms with Crippen molar-refractivity contribution in [3.8, 4) is 6.07 Å². The quantitative estimate of drug-likeness (QED) is 0.699. The first-order valence-corrected chi connectivity index (χ1v) is 4.67. The maximum Gasteiger partial charge on any atom is 0.458 e. The van der Waals surface area contributed by atoms with Crippen LogP contribution in [0.25, 0.3) is 0 Å². The number of halogens is 11. The summed E-state index contributed by atoms with van der Waals surface area (Å²) in [7, 11) is 0. The molecule has 0 fully saturated rings. The van der Waals surface area contributed by atoms with Crippen LogP contribution in [0.3, 0.4) is 0 Å². The third-order valence-electron chi connectivity index (χ3n) is 1.97. The van der Waals surface area contributed by atoms with Gasteiger partial charge in [-0.25, -0.2) is 0 Å². The van der Waals surface area contributed by atoms with Crippen LogP contribution in [0.5, 0.6) is 0 Å². The number of ether oxygens (including phenoxy) is 1. The smallest absolute Gasteiger partial charge is 0.262 e. The highest BCUT2D eigenvalue weighted by atomic mass is 19.4. The molecule has 0 bridgehead atoms. The predicted molar refractivity (Wildman–Crippen MR) is 41.8 cm³/mol. The average Bonchev–Trinajstić information content (AvgIpc) is 2.22. The Morgan fingerprint density at radius 2 is 1.14 bits per heavy atom. The molecule has 0 radical (unpaired) electrons. The van der Waals surface area contributed by atoms with E-state index in [1.54, 1.807) is 4.74 Å². The van der Waals surface area contributed by atoms with E-state index in [-0.39, 0.29) is 0 Å². The zero-order valence-electron chi connectivity index (χ0n) is 9.43. The van der Waals surface area contributed by atoms with Crippen LogP contribution in [-0.4, -0.2) is 30.2 Å². The Hall–Kier alpha value is -1.32. The topological polar surface area (TPSA) is 33.0 Å². The van der Waals surface area contributed by atoms with Crippen molar-refractivity contribution in [3.05, 3.63) is 0 Å². The van der Waals surface area contributed by atoms with Gasteiger partial charge in [0.1, 0.15) is 0 Å². The van der Waals surface area contributed by atoms with Crippen LogP contribution in [0.2, 0.25) is 0 Å². The third-order valence-corrected chi connectivity index (χ3v) is 1.97. The molecule has 0 aromatic rings. The highest BCUT2D eigenvalue weighted by Crippen LogP contribution is 2.52. The van der Waals surface area contributed by atoms with Gasteiger partial charge in [0, 0.05) is 12.8 Å². The van der Waals surface area contributed by atoms with Crippen molar-refractivity contribution in [1.82, 2.24) is 0 Å². The van der Waals surface area contributed by atoms with E-state index in [0.29, 0.717) is 0 Å². The van der Waals surface area contributed by atoms with Gasteiger partial charge < -0.3 is 0 Å². The van der Waals surface area contributed by atoms with Crippen molar-refractivity contribution in [3.63, 3.8) is 0 Å². The van der Waals surface area contributed by atoms with Crippen LogP contribution in [0.4, 0.5) is 48.3 Å². The van der Waals surface area contributed by atoms with Crippen LogP contribution in [0, 0.1) is 11.3 Å². The number of rotatable bonds is 5. The first-order chi connectivity index (χ1) is 9.02. The Labute approximate surface area is 109 Å². The molecule has 0 spiro atoms. The molecule has 0 saturated heterocycles. The standard InChI is InChI=1S/C8H4F11NO/c9-4(10,2-1-3-20)8(18,19)21-5(11,6(12,13)14)7(15,16)17/h1-2H2. The zero-order valence-corrected chi connectivity index (χ0v) is 9.43. The Bertz CT molecular complexity index is 390. The lowest BCUT2D eigenvalue weighted by molar-refractivity contribution is -0.503. The van der Waals surface area contributed by atoms with Gasteiger partial charge in [-0.1, -0.05) is 0 Å². The summed E-state index contributed by atoms with van der Waals surface area (Å²) < 4.78 is 137. The summed E-state index contributed by atoms with van der Waals surface area (Å²) in [4.78, 5) is 0. The first-order valence-electron chi connectivity index (χ1n) is 4.67. The number of hydrogen-bond donors (Lipinski definition) is 0. The molecule has 0 N–H and O–H groups in total. The van der Waals surface area contributed by atoms with E-state index < -0.39 is 43.1 Å². The monoisotopic (exact) mass is 339 g/mol. The molecule has 21 heavy (non-hydrogen) atoms. The van der Waals surface area contributed by atoms with Crippen LogP contribution >= 0.6 is 0 Å². The van der Waals surface area contributed by atoms with Gasteiger partial charge in [-0.05, 0) is 0 Å². The molecule has 0 unspecified atom stereocenters. The minimum Gasteiger partial charge on any atom is -0.262 e. The fourth-order valence-corrected chi connectivity index (χ4v) is 0.886.